The maximum absolute atomic E-state index is 12.3. The van der Waals surface area contributed by atoms with Gasteiger partial charge in [-0.25, -0.2) is 0 Å². The van der Waals surface area contributed by atoms with Gasteiger partial charge in [-0.3, -0.25) is 9.59 Å². The Morgan fingerprint density at radius 1 is 1.26 bits per heavy atom. The normalized spacial score (nSPS) is 16.4. The minimum atomic E-state index is -0.456. The van der Waals surface area contributed by atoms with Crippen molar-refractivity contribution in [3.05, 3.63) is 53.1 Å². The zero-order valence-electron chi connectivity index (χ0n) is 12.8. The van der Waals surface area contributed by atoms with Crippen LogP contribution in [0.2, 0.25) is 0 Å². The molecular formula is C18H16O5. The van der Waals surface area contributed by atoms with E-state index in [0.29, 0.717) is 11.3 Å². The first-order valence-electron chi connectivity index (χ1n) is 7.21. The number of aromatic hydroxyl groups is 1. The Labute approximate surface area is 133 Å². The van der Waals surface area contributed by atoms with E-state index in [2.05, 4.69) is 0 Å². The number of ether oxygens (including phenoxy) is 2. The highest BCUT2D eigenvalue weighted by atomic mass is 16.5. The molecule has 0 fully saturated rings. The third-order valence-electron chi connectivity index (χ3n) is 3.89. The molecule has 0 saturated heterocycles. The Kier molecular flexibility index (Phi) is 3.78. The third kappa shape index (κ3) is 2.77. The lowest BCUT2D eigenvalue weighted by Gasteiger charge is -2.26. The highest BCUT2D eigenvalue weighted by Gasteiger charge is 2.31. The van der Waals surface area contributed by atoms with Gasteiger partial charge in [-0.15, -0.1) is 0 Å². The van der Waals surface area contributed by atoms with E-state index in [-0.39, 0.29) is 35.0 Å². The van der Waals surface area contributed by atoms with E-state index in [1.165, 1.54) is 19.1 Å². The van der Waals surface area contributed by atoms with Crippen molar-refractivity contribution in [1.82, 2.24) is 0 Å². The molecule has 0 spiro atoms. The predicted octanol–water partition coefficient (Wildman–Crippen LogP) is 3.31. The Morgan fingerprint density at radius 2 is 1.96 bits per heavy atom. The number of Topliss-reactive ketones (excluding diaryl/α,β-unsaturated/α-hetero) is 2. The standard InChI is InChI=1S/C18H16O5/c1-10(19)12-7-14(20)18-15(21)9-16(23-17(18)8-12)11-3-5-13(22-2)6-4-11/h3-8,16,20H,9H2,1-2H3/t16-/m0/s1. The fourth-order valence-corrected chi connectivity index (χ4v) is 2.65. The van der Waals surface area contributed by atoms with Crippen LogP contribution in [-0.4, -0.2) is 23.8 Å². The van der Waals surface area contributed by atoms with E-state index in [1.807, 2.05) is 12.1 Å². The van der Waals surface area contributed by atoms with Crippen molar-refractivity contribution in [3.63, 3.8) is 0 Å². The van der Waals surface area contributed by atoms with Crippen LogP contribution in [-0.2, 0) is 0 Å². The van der Waals surface area contributed by atoms with E-state index in [1.54, 1.807) is 19.2 Å². The fourth-order valence-electron chi connectivity index (χ4n) is 2.65. The van der Waals surface area contributed by atoms with Crippen LogP contribution in [0.3, 0.4) is 0 Å². The molecule has 0 saturated carbocycles. The molecule has 1 aliphatic heterocycles. The van der Waals surface area contributed by atoms with Crippen LogP contribution in [0.5, 0.6) is 17.2 Å². The molecule has 0 amide bonds. The molecule has 0 aromatic heterocycles. The topological polar surface area (TPSA) is 72.8 Å². The molecule has 2 aromatic rings. The summed E-state index contributed by atoms with van der Waals surface area (Å²) in [4.78, 5) is 23.9. The number of rotatable bonds is 3. The van der Waals surface area contributed by atoms with Crippen molar-refractivity contribution in [3.8, 4) is 17.2 Å². The molecular weight excluding hydrogens is 296 g/mol. The molecule has 0 aliphatic carbocycles. The smallest absolute Gasteiger partial charge is 0.174 e. The van der Waals surface area contributed by atoms with Crippen molar-refractivity contribution < 1.29 is 24.2 Å². The Bertz CT molecular complexity index is 777. The maximum Gasteiger partial charge on any atom is 0.174 e. The molecule has 1 aliphatic rings. The van der Waals surface area contributed by atoms with E-state index in [0.717, 1.165) is 5.56 Å². The van der Waals surface area contributed by atoms with Gasteiger partial charge in [0, 0.05) is 5.56 Å². The first-order chi connectivity index (χ1) is 11.0. The summed E-state index contributed by atoms with van der Waals surface area (Å²) in [5.74, 6) is 0.330. The van der Waals surface area contributed by atoms with Crippen molar-refractivity contribution in [2.45, 2.75) is 19.4 Å². The number of phenols is 1. The predicted molar refractivity (Wildman–Crippen MR) is 83.4 cm³/mol. The Balaban J connectivity index is 1.98. The molecule has 118 valence electrons. The van der Waals surface area contributed by atoms with Gasteiger partial charge in [0.1, 0.15) is 28.9 Å². The Hall–Kier alpha value is -2.82. The highest BCUT2D eigenvalue weighted by molar-refractivity contribution is 6.04. The highest BCUT2D eigenvalue weighted by Crippen LogP contribution is 2.40. The van der Waals surface area contributed by atoms with Crippen LogP contribution >= 0.6 is 0 Å². The monoisotopic (exact) mass is 312 g/mol. The van der Waals surface area contributed by atoms with Gasteiger partial charge in [0.15, 0.2) is 11.6 Å². The summed E-state index contributed by atoms with van der Waals surface area (Å²) < 4.78 is 11.0. The number of hydrogen-bond acceptors (Lipinski definition) is 5. The number of ketones is 2. The minimum Gasteiger partial charge on any atom is -0.507 e. The maximum atomic E-state index is 12.3. The lowest BCUT2D eigenvalue weighted by Crippen LogP contribution is -2.21. The van der Waals surface area contributed by atoms with Crippen LogP contribution in [0.1, 0.15) is 45.7 Å². The van der Waals surface area contributed by atoms with Gasteiger partial charge in [-0.05, 0) is 36.8 Å². The molecule has 3 rings (SSSR count). The fraction of sp³-hybridized carbons (Fsp3) is 0.222. The molecule has 5 heteroatoms. The summed E-state index contributed by atoms with van der Waals surface area (Å²) in [6, 6.07) is 10.1. The SMILES string of the molecule is COc1ccc([C@@H]2CC(=O)c3c(O)cc(C(C)=O)cc3O2)cc1. The van der Waals surface area contributed by atoms with E-state index in [9.17, 15) is 14.7 Å². The Morgan fingerprint density at radius 3 is 2.57 bits per heavy atom. The number of fused-ring (bicyclic) bond motifs is 1. The lowest BCUT2D eigenvalue weighted by atomic mass is 9.94. The second-order valence-corrected chi connectivity index (χ2v) is 5.43. The summed E-state index contributed by atoms with van der Waals surface area (Å²) in [6.07, 6.45) is -0.325. The second kappa shape index (κ2) is 5.76. The zero-order valence-corrected chi connectivity index (χ0v) is 12.8. The number of phenolic OH excluding ortho intramolecular Hbond substituents is 1. The average Bonchev–Trinajstić information content (AvgIpc) is 2.54. The van der Waals surface area contributed by atoms with Gasteiger partial charge in [0.2, 0.25) is 0 Å². The first kappa shape index (κ1) is 15.1. The molecule has 0 unspecified atom stereocenters. The number of carbonyl (C=O) groups excluding carboxylic acids is 2. The quantitative estimate of drug-likeness (QED) is 0.880. The largest absolute Gasteiger partial charge is 0.507 e. The van der Waals surface area contributed by atoms with Gasteiger partial charge in [-0.2, -0.15) is 0 Å². The molecule has 1 heterocycles. The van der Waals surface area contributed by atoms with Crippen LogP contribution in [0, 0.1) is 0 Å². The average molecular weight is 312 g/mol. The second-order valence-electron chi connectivity index (χ2n) is 5.43. The van der Waals surface area contributed by atoms with Crippen molar-refractivity contribution in [2.24, 2.45) is 0 Å². The number of hydrogen-bond donors (Lipinski definition) is 1. The summed E-state index contributed by atoms with van der Waals surface area (Å²) in [5, 5.41) is 10.0. The van der Waals surface area contributed by atoms with Crippen LogP contribution in [0.15, 0.2) is 36.4 Å². The molecule has 23 heavy (non-hydrogen) atoms. The summed E-state index contributed by atoms with van der Waals surface area (Å²) >= 11 is 0. The molecule has 0 radical (unpaired) electrons. The van der Waals surface area contributed by atoms with Gasteiger partial charge < -0.3 is 14.6 Å². The van der Waals surface area contributed by atoms with Crippen LogP contribution in [0.4, 0.5) is 0 Å². The van der Waals surface area contributed by atoms with E-state index in [4.69, 9.17) is 9.47 Å². The van der Waals surface area contributed by atoms with E-state index < -0.39 is 6.10 Å². The molecule has 1 atom stereocenters. The molecule has 2 aromatic carbocycles. The van der Waals surface area contributed by atoms with Gasteiger partial charge in [-0.1, -0.05) is 12.1 Å². The van der Waals surface area contributed by atoms with E-state index >= 15 is 0 Å². The summed E-state index contributed by atoms with van der Waals surface area (Å²) in [6.45, 7) is 1.40. The number of benzene rings is 2. The molecule has 5 nitrogen and oxygen atoms in total. The first-order valence-corrected chi connectivity index (χ1v) is 7.21. The molecule has 1 N–H and O–H groups in total. The van der Waals surface area contributed by atoms with Gasteiger partial charge in [0.25, 0.3) is 0 Å². The van der Waals surface area contributed by atoms with Crippen molar-refractivity contribution >= 4 is 11.6 Å². The van der Waals surface area contributed by atoms with Gasteiger partial charge in [0.05, 0.1) is 13.5 Å². The summed E-state index contributed by atoms with van der Waals surface area (Å²) in [7, 11) is 1.58. The zero-order chi connectivity index (χ0) is 16.6. The van der Waals surface area contributed by atoms with Crippen LogP contribution in [0.25, 0.3) is 0 Å². The molecule has 0 bridgehead atoms. The van der Waals surface area contributed by atoms with Crippen molar-refractivity contribution in [1.29, 1.82) is 0 Å². The minimum absolute atomic E-state index is 0.131. The van der Waals surface area contributed by atoms with Crippen molar-refractivity contribution in [2.75, 3.05) is 7.11 Å². The number of carbonyl (C=O) groups is 2. The van der Waals surface area contributed by atoms with Gasteiger partial charge >= 0.3 is 0 Å². The lowest BCUT2D eigenvalue weighted by molar-refractivity contribution is 0.0842. The number of methoxy groups -OCH3 is 1. The van der Waals surface area contributed by atoms with Crippen LogP contribution < -0.4 is 9.47 Å². The third-order valence-corrected chi connectivity index (χ3v) is 3.89. The summed E-state index contributed by atoms with van der Waals surface area (Å²) in [5.41, 5.74) is 1.28.